The van der Waals surface area contributed by atoms with E-state index in [9.17, 15) is 23.1 Å². The standard InChI is InChI=1S/C26H21F3N2O2/c27-26(28,29)17-9-7-16(8-10-17)18-4-3-5-19-20(18)11-12-22(25(30)33)21(19)13-14-24(32)23-6-1-2-15-31-23/h1-12,15,24,32H,13-14H2,(H2,30,33)/t24-/m0/s1. The van der Waals surface area contributed by atoms with E-state index in [2.05, 4.69) is 4.98 Å². The van der Waals surface area contributed by atoms with Crippen molar-refractivity contribution in [2.24, 2.45) is 5.73 Å². The highest BCUT2D eigenvalue weighted by Gasteiger charge is 2.30. The van der Waals surface area contributed by atoms with Crippen LogP contribution in [0, 0.1) is 0 Å². The van der Waals surface area contributed by atoms with Crippen molar-refractivity contribution in [1.29, 1.82) is 0 Å². The average Bonchev–Trinajstić information content (AvgIpc) is 2.81. The topological polar surface area (TPSA) is 76.2 Å². The Bertz CT molecular complexity index is 1290. The van der Waals surface area contributed by atoms with Gasteiger partial charge in [0.25, 0.3) is 0 Å². The number of hydrogen-bond donors (Lipinski definition) is 2. The molecule has 0 unspecified atom stereocenters. The first kappa shape index (κ1) is 22.5. The molecule has 0 aliphatic carbocycles. The van der Waals surface area contributed by atoms with Gasteiger partial charge >= 0.3 is 6.18 Å². The van der Waals surface area contributed by atoms with E-state index < -0.39 is 23.8 Å². The number of amides is 1. The number of aromatic nitrogens is 1. The van der Waals surface area contributed by atoms with Crippen molar-refractivity contribution in [1.82, 2.24) is 4.98 Å². The summed E-state index contributed by atoms with van der Waals surface area (Å²) in [6.45, 7) is 0. The summed E-state index contributed by atoms with van der Waals surface area (Å²) in [6.07, 6.45) is -2.94. The molecule has 4 aromatic rings. The first-order valence-corrected chi connectivity index (χ1v) is 10.4. The van der Waals surface area contributed by atoms with Crippen LogP contribution in [-0.4, -0.2) is 16.0 Å². The average molecular weight is 450 g/mol. The van der Waals surface area contributed by atoms with Crippen LogP contribution in [0.25, 0.3) is 21.9 Å². The molecule has 1 heterocycles. The number of aliphatic hydroxyl groups is 1. The van der Waals surface area contributed by atoms with Gasteiger partial charge in [0.2, 0.25) is 5.91 Å². The smallest absolute Gasteiger partial charge is 0.387 e. The Morgan fingerprint density at radius 3 is 2.33 bits per heavy atom. The van der Waals surface area contributed by atoms with E-state index >= 15 is 0 Å². The fourth-order valence-corrected chi connectivity index (χ4v) is 4.01. The molecule has 0 radical (unpaired) electrons. The van der Waals surface area contributed by atoms with Gasteiger partial charge in [0, 0.05) is 11.8 Å². The molecule has 0 fully saturated rings. The number of halogens is 3. The fraction of sp³-hybridized carbons (Fsp3) is 0.154. The van der Waals surface area contributed by atoms with E-state index in [4.69, 9.17) is 5.73 Å². The number of hydrogen-bond acceptors (Lipinski definition) is 3. The monoisotopic (exact) mass is 450 g/mol. The third-order valence-corrected chi connectivity index (χ3v) is 5.66. The minimum atomic E-state index is -4.41. The molecule has 1 atom stereocenters. The maximum atomic E-state index is 13.0. The van der Waals surface area contributed by atoms with E-state index in [1.165, 1.54) is 12.1 Å². The molecule has 0 spiro atoms. The third-order valence-electron chi connectivity index (χ3n) is 5.66. The number of rotatable bonds is 6. The molecular formula is C26H21F3N2O2. The van der Waals surface area contributed by atoms with Crippen LogP contribution in [0.3, 0.4) is 0 Å². The molecule has 4 rings (SSSR count). The molecule has 0 aliphatic heterocycles. The lowest BCUT2D eigenvalue weighted by atomic mass is 9.90. The van der Waals surface area contributed by atoms with Crippen molar-refractivity contribution in [3.05, 3.63) is 101 Å². The maximum Gasteiger partial charge on any atom is 0.416 e. The van der Waals surface area contributed by atoms with Gasteiger partial charge in [-0.2, -0.15) is 13.2 Å². The number of benzene rings is 3. The summed E-state index contributed by atoms with van der Waals surface area (Å²) in [5, 5.41) is 12.1. The van der Waals surface area contributed by atoms with Crippen molar-refractivity contribution >= 4 is 16.7 Å². The Labute approximate surface area is 188 Å². The molecular weight excluding hydrogens is 429 g/mol. The summed E-state index contributed by atoms with van der Waals surface area (Å²) < 4.78 is 38.9. The predicted molar refractivity (Wildman–Crippen MR) is 120 cm³/mol. The molecule has 3 N–H and O–H groups in total. The van der Waals surface area contributed by atoms with Crippen LogP contribution in [0.1, 0.15) is 39.7 Å². The van der Waals surface area contributed by atoms with Crippen LogP contribution in [0.2, 0.25) is 0 Å². The van der Waals surface area contributed by atoms with Crippen LogP contribution >= 0.6 is 0 Å². The molecule has 1 aromatic heterocycles. The fourth-order valence-electron chi connectivity index (χ4n) is 4.01. The highest BCUT2D eigenvalue weighted by molar-refractivity contribution is 6.05. The minimum absolute atomic E-state index is 0.320. The van der Waals surface area contributed by atoms with Crippen molar-refractivity contribution in [2.75, 3.05) is 0 Å². The summed E-state index contributed by atoms with van der Waals surface area (Å²) in [4.78, 5) is 16.3. The Morgan fingerprint density at radius 2 is 1.70 bits per heavy atom. The predicted octanol–water partition coefficient (Wildman–Crippen LogP) is 5.69. The highest BCUT2D eigenvalue weighted by Crippen LogP contribution is 2.35. The van der Waals surface area contributed by atoms with Gasteiger partial charge in [-0.15, -0.1) is 0 Å². The number of pyridine rings is 1. The van der Waals surface area contributed by atoms with Crippen molar-refractivity contribution < 1.29 is 23.1 Å². The van der Waals surface area contributed by atoms with Crippen LogP contribution in [-0.2, 0) is 12.6 Å². The van der Waals surface area contributed by atoms with Gasteiger partial charge in [0.05, 0.1) is 17.4 Å². The first-order chi connectivity index (χ1) is 15.8. The van der Waals surface area contributed by atoms with Gasteiger partial charge in [-0.25, -0.2) is 0 Å². The van der Waals surface area contributed by atoms with Crippen LogP contribution < -0.4 is 5.73 Å². The van der Waals surface area contributed by atoms with Crippen LogP contribution in [0.5, 0.6) is 0 Å². The molecule has 33 heavy (non-hydrogen) atoms. The van der Waals surface area contributed by atoms with Gasteiger partial charge in [-0.1, -0.05) is 42.5 Å². The number of alkyl halides is 3. The number of aryl methyl sites for hydroxylation is 1. The highest BCUT2D eigenvalue weighted by atomic mass is 19.4. The molecule has 4 nitrogen and oxygen atoms in total. The molecule has 7 heteroatoms. The number of fused-ring (bicyclic) bond motifs is 1. The second-order valence-corrected chi connectivity index (χ2v) is 7.74. The lowest BCUT2D eigenvalue weighted by Gasteiger charge is -2.16. The van der Waals surface area contributed by atoms with E-state index in [0.717, 1.165) is 28.5 Å². The van der Waals surface area contributed by atoms with Gasteiger partial charge in [0.15, 0.2) is 0 Å². The second-order valence-electron chi connectivity index (χ2n) is 7.74. The first-order valence-electron chi connectivity index (χ1n) is 10.4. The molecule has 0 aliphatic rings. The largest absolute Gasteiger partial charge is 0.416 e. The molecule has 3 aromatic carbocycles. The SMILES string of the molecule is NC(=O)c1ccc2c(-c3ccc(C(F)(F)F)cc3)cccc2c1CC[C@H](O)c1ccccn1. The Balaban J connectivity index is 1.75. The van der Waals surface area contributed by atoms with E-state index in [0.29, 0.717) is 35.2 Å². The zero-order valence-electron chi connectivity index (χ0n) is 17.5. The van der Waals surface area contributed by atoms with E-state index in [1.807, 2.05) is 12.1 Å². The Morgan fingerprint density at radius 1 is 0.939 bits per heavy atom. The van der Waals surface area contributed by atoms with Crippen molar-refractivity contribution in [2.45, 2.75) is 25.1 Å². The normalized spacial score (nSPS) is 12.6. The van der Waals surface area contributed by atoms with Crippen molar-refractivity contribution in [3.8, 4) is 11.1 Å². The summed E-state index contributed by atoms with van der Waals surface area (Å²) in [5.41, 5.74) is 7.82. The quantitative estimate of drug-likeness (QED) is 0.397. The van der Waals surface area contributed by atoms with Gasteiger partial charge < -0.3 is 10.8 Å². The van der Waals surface area contributed by atoms with Gasteiger partial charge in [-0.3, -0.25) is 9.78 Å². The molecule has 0 bridgehead atoms. The zero-order chi connectivity index (χ0) is 23.6. The summed E-state index contributed by atoms with van der Waals surface area (Å²) in [7, 11) is 0. The summed E-state index contributed by atoms with van der Waals surface area (Å²) in [6, 6.07) is 19.1. The Hall–Kier alpha value is -3.71. The molecule has 1 amide bonds. The van der Waals surface area contributed by atoms with Crippen LogP contribution in [0.4, 0.5) is 13.2 Å². The lowest BCUT2D eigenvalue weighted by molar-refractivity contribution is -0.137. The van der Waals surface area contributed by atoms with Crippen LogP contribution in [0.15, 0.2) is 79.0 Å². The number of aliphatic hydroxyl groups excluding tert-OH is 1. The van der Waals surface area contributed by atoms with E-state index in [-0.39, 0.29) is 0 Å². The number of primary amides is 1. The third kappa shape index (κ3) is 4.73. The van der Waals surface area contributed by atoms with Gasteiger partial charge in [-0.05, 0) is 70.6 Å². The minimum Gasteiger partial charge on any atom is -0.387 e. The zero-order valence-corrected chi connectivity index (χ0v) is 17.5. The van der Waals surface area contributed by atoms with Crippen molar-refractivity contribution in [3.63, 3.8) is 0 Å². The van der Waals surface area contributed by atoms with E-state index in [1.54, 1.807) is 42.6 Å². The summed E-state index contributed by atoms with van der Waals surface area (Å²) >= 11 is 0. The number of nitrogens with two attached hydrogens (primary N) is 1. The van der Waals surface area contributed by atoms with Gasteiger partial charge in [0.1, 0.15) is 0 Å². The molecule has 0 saturated heterocycles. The molecule has 0 saturated carbocycles. The number of nitrogens with zero attached hydrogens (tertiary/aromatic N) is 1. The summed E-state index contributed by atoms with van der Waals surface area (Å²) in [5.74, 6) is -0.584. The number of carbonyl (C=O) groups excluding carboxylic acids is 1. The Kier molecular flexibility index (Phi) is 6.16. The maximum absolute atomic E-state index is 13.0. The second kappa shape index (κ2) is 9.03. The number of carbonyl (C=O) groups is 1. The lowest BCUT2D eigenvalue weighted by Crippen LogP contribution is -2.15. The molecule has 168 valence electrons.